The second kappa shape index (κ2) is 2.22. The van der Waals surface area contributed by atoms with Gasteiger partial charge in [-0.25, -0.2) is 0 Å². The third kappa shape index (κ3) is 1.76. The third-order valence-corrected chi connectivity index (χ3v) is 2.97. The van der Waals surface area contributed by atoms with Crippen LogP contribution < -0.4 is 5.73 Å². The van der Waals surface area contributed by atoms with Crippen LogP contribution in [0.2, 0.25) is 0 Å². The van der Waals surface area contributed by atoms with Crippen molar-refractivity contribution in [3.63, 3.8) is 0 Å². The molecule has 0 radical (unpaired) electrons. The Kier molecular flexibility index (Phi) is 1.83. The summed E-state index contributed by atoms with van der Waals surface area (Å²) in [7, 11) is 0. The predicted octanol–water partition coefficient (Wildman–Crippen LogP) is 2.41. The average Bonchev–Trinajstić information content (AvgIpc) is 2.14. The van der Waals surface area contributed by atoms with E-state index in [1.54, 1.807) is 0 Å². The van der Waals surface area contributed by atoms with Gasteiger partial charge in [0.05, 0.1) is 0 Å². The van der Waals surface area contributed by atoms with Gasteiger partial charge in [-0.15, -0.1) is 0 Å². The summed E-state index contributed by atoms with van der Waals surface area (Å²) in [6.45, 7) is 11.4. The Morgan fingerprint density at radius 2 is 1.64 bits per heavy atom. The molecule has 1 aliphatic carbocycles. The van der Waals surface area contributed by atoms with Crippen molar-refractivity contribution >= 4 is 0 Å². The van der Waals surface area contributed by atoms with E-state index in [0.717, 1.165) is 5.92 Å². The topological polar surface area (TPSA) is 26.0 Å². The molecule has 1 saturated carbocycles. The van der Waals surface area contributed by atoms with Crippen LogP contribution in [0.25, 0.3) is 0 Å². The van der Waals surface area contributed by atoms with Gasteiger partial charge in [-0.05, 0) is 23.2 Å². The lowest BCUT2D eigenvalue weighted by Crippen LogP contribution is -2.10. The molecule has 11 heavy (non-hydrogen) atoms. The second-order valence-electron chi connectivity index (χ2n) is 5.72. The lowest BCUT2D eigenvalue weighted by Gasteiger charge is -2.18. The van der Waals surface area contributed by atoms with Crippen molar-refractivity contribution in [2.45, 2.75) is 47.1 Å². The normalized spacial score (nSPS) is 35.5. The van der Waals surface area contributed by atoms with E-state index in [1.165, 1.54) is 6.42 Å². The minimum Gasteiger partial charge on any atom is -0.327 e. The van der Waals surface area contributed by atoms with Gasteiger partial charge in [0, 0.05) is 6.04 Å². The van der Waals surface area contributed by atoms with Crippen molar-refractivity contribution in [1.29, 1.82) is 0 Å². The molecule has 1 aliphatic rings. The highest BCUT2D eigenvalue weighted by Gasteiger charge is 2.55. The van der Waals surface area contributed by atoms with E-state index in [1.807, 2.05) is 0 Å². The molecule has 1 nitrogen and oxygen atoms in total. The molecule has 0 aromatic heterocycles. The minimum atomic E-state index is 0.410. The Morgan fingerprint density at radius 1 is 1.27 bits per heavy atom. The highest BCUT2D eigenvalue weighted by atomic mass is 14.8. The summed E-state index contributed by atoms with van der Waals surface area (Å²) in [6.07, 6.45) is 1.27. The van der Waals surface area contributed by atoms with E-state index in [9.17, 15) is 0 Å². The van der Waals surface area contributed by atoms with Crippen molar-refractivity contribution < 1.29 is 0 Å². The van der Waals surface area contributed by atoms with E-state index in [2.05, 4.69) is 34.6 Å². The van der Waals surface area contributed by atoms with Gasteiger partial charge in [-0.2, -0.15) is 0 Å². The molecule has 0 aromatic carbocycles. The van der Waals surface area contributed by atoms with E-state index < -0.39 is 0 Å². The Balaban J connectivity index is 2.44. The zero-order chi connectivity index (χ0) is 8.86. The number of rotatable bonds is 1. The zero-order valence-electron chi connectivity index (χ0n) is 8.44. The first-order valence-corrected chi connectivity index (χ1v) is 4.51. The molecule has 0 saturated heterocycles. The maximum Gasteiger partial charge on any atom is 0.0128 e. The molecule has 0 bridgehead atoms. The van der Waals surface area contributed by atoms with Gasteiger partial charge in [-0.3, -0.25) is 0 Å². The van der Waals surface area contributed by atoms with Crippen LogP contribution in [0.1, 0.15) is 41.0 Å². The standard InChI is InChI=1S/C10H21N/c1-9(2,3)6-7-8(11)10(7,4)5/h7-8H,6,11H2,1-5H3. The van der Waals surface area contributed by atoms with Gasteiger partial charge in [-0.1, -0.05) is 34.6 Å². The second-order valence-corrected chi connectivity index (χ2v) is 5.72. The molecular weight excluding hydrogens is 134 g/mol. The minimum absolute atomic E-state index is 0.410. The van der Waals surface area contributed by atoms with E-state index >= 15 is 0 Å². The van der Waals surface area contributed by atoms with Crippen LogP contribution in [-0.2, 0) is 0 Å². The fourth-order valence-electron chi connectivity index (χ4n) is 1.84. The van der Waals surface area contributed by atoms with E-state index in [-0.39, 0.29) is 0 Å². The highest BCUT2D eigenvalue weighted by Crippen LogP contribution is 2.55. The van der Waals surface area contributed by atoms with Gasteiger partial charge in [0.25, 0.3) is 0 Å². The summed E-state index contributed by atoms with van der Waals surface area (Å²) in [4.78, 5) is 0. The maximum atomic E-state index is 5.95. The first-order chi connectivity index (χ1) is 4.75. The summed E-state index contributed by atoms with van der Waals surface area (Å²) in [5.41, 5.74) is 6.80. The van der Waals surface area contributed by atoms with Crippen LogP contribution >= 0.6 is 0 Å². The zero-order valence-corrected chi connectivity index (χ0v) is 8.44. The van der Waals surface area contributed by atoms with Crippen LogP contribution in [-0.4, -0.2) is 6.04 Å². The summed E-state index contributed by atoms with van der Waals surface area (Å²) < 4.78 is 0. The molecule has 1 fully saturated rings. The Hall–Kier alpha value is -0.0400. The number of hydrogen-bond acceptors (Lipinski definition) is 1. The summed E-state index contributed by atoms with van der Waals surface area (Å²) in [6, 6.07) is 0.446. The summed E-state index contributed by atoms with van der Waals surface area (Å²) in [5, 5.41) is 0. The highest BCUT2D eigenvalue weighted by molar-refractivity contribution is 5.09. The van der Waals surface area contributed by atoms with Crippen molar-refractivity contribution in [1.82, 2.24) is 0 Å². The molecule has 0 aromatic rings. The molecule has 0 aliphatic heterocycles. The Bertz CT molecular complexity index is 153. The molecule has 0 amide bonds. The molecule has 2 N–H and O–H groups in total. The molecule has 1 heteroatoms. The molecular formula is C10H21N. The quantitative estimate of drug-likeness (QED) is 0.618. The Labute approximate surface area is 70.4 Å². The maximum absolute atomic E-state index is 5.95. The third-order valence-electron chi connectivity index (χ3n) is 2.97. The van der Waals surface area contributed by atoms with E-state index in [4.69, 9.17) is 5.73 Å². The van der Waals surface area contributed by atoms with Crippen LogP contribution in [0.15, 0.2) is 0 Å². The van der Waals surface area contributed by atoms with Gasteiger partial charge in [0.15, 0.2) is 0 Å². The van der Waals surface area contributed by atoms with Gasteiger partial charge >= 0.3 is 0 Å². The fraction of sp³-hybridized carbons (Fsp3) is 1.00. The van der Waals surface area contributed by atoms with Crippen molar-refractivity contribution in [3.8, 4) is 0 Å². The van der Waals surface area contributed by atoms with Crippen LogP contribution in [0.5, 0.6) is 0 Å². The van der Waals surface area contributed by atoms with Crippen molar-refractivity contribution in [2.75, 3.05) is 0 Å². The van der Waals surface area contributed by atoms with Crippen LogP contribution in [0.4, 0.5) is 0 Å². The van der Waals surface area contributed by atoms with Gasteiger partial charge in [0.2, 0.25) is 0 Å². The van der Waals surface area contributed by atoms with Crippen molar-refractivity contribution in [3.05, 3.63) is 0 Å². The monoisotopic (exact) mass is 155 g/mol. The lowest BCUT2D eigenvalue weighted by atomic mass is 9.87. The average molecular weight is 155 g/mol. The molecule has 0 heterocycles. The largest absolute Gasteiger partial charge is 0.327 e. The first-order valence-electron chi connectivity index (χ1n) is 4.51. The fourth-order valence-corrected chi connectivity index (χ4v) is 1.84. The molecule has 2 unspecified atom stereocenters. The molecule has 66 valence electrons. The molecule has 0 spiro atoms. The van der Waals surface area contributed by atoms with E-state index in [0.29, 0.717) is 16.9 Å². The predicted molar refractivity (Wildman–Crippen MR) is 49.3 cm³/mol. The molecule has 1 rings (SSSR count). The lowest BCUT2D eigenvalue weighted by molar-refractivity contribution is 0.327. The number of hydrogen-bond donors (Lipinski definition) is 1. The summed E-state index contributed by atoms with van der Waals surface area (Å²) >= 11 is 0. The Morgan fingerprint density at radius 3 is 1.73 bits per heavy atom. The van der Waals surface area contributed by atoms with Crippen molar-refractivity contribution in [2.24, 2.45) is 22.5 Å². The SMILES string of the molecule is CC(C)(C)CC1C(N)C1(C)C. The van der Waals surface area contributed by atoms with Gasteiger partial charge < -0.3 is 5.73 Å². The van der Waals surface area contributed by atoms with Gasteiger partial charge in [0.1, 0.15) is 0 Å². The smallest absolute Gasteiger partial charge is 0.0128 e. The number of nitrogens with two attached hydrogens (primary N) is 1. The molecule has 2 atom stereocenters. The first kappa shape index (κ1) is 9.05. The van der Waals surface area contributed by atoms with Crippen LogP contribution in [0, 0.1) is 16.7 Å². The van der Waals surface area contributed by atoms with Crippen LogP contribution in [0.3, 0.4) is 0 Å². The summed E-state index contributed by atoms with van der Waals surface area (Å²) in [5.74, 6) is 0.752.